The molecule has 0 spiro atoms. The van der Waals surface area contributed by atoms with Crippen LogP contribution >= 0.6 is 0 Å². The SMILES string of the molecule is Cc1c(C)c(C)c2c(-c3cccc(-c4ccccc4)c3)c3c(C)c(C)c(C)c(C)c3c(-c3ccc(-c4cccc5oc6ccccc6c45)cc3)c2c1C. The van der Waals surface area contributed by atoms with Gasteiger partial charge in [0.25, 0.3) is 0 Å². The van der Waals surface area contributed by atoms with Crippen molar-refractivity contribution in [2.45, 2.75) is 55.4 Å². The molecule has 0 saturated heterocycles. The van der Waals surface area contributed by atoms with Gasteiger partial charge in [-0.05, 0) is 184 Å². The monoisotopic (exact) mass is 684 g/mol. The molecule has 258 valence electrons. The van der Waals surface area contributed by atoms with Crippen molar-refractivity contribution in [3.8, 4) is 44.5 Å². The quantitative estimate of drug-likeness (QED) is 0.168. The molecule has 1 heteroatoms. The summed E-state index contributed by atoms with van der Waals surface area (Å²) in [6.45, 7) is 18.6. The molecule has 0 bridgehead atoms. The third kappa shape index (κ3) is 4.91. The zero-order valence-electron chi connectivity index (χ0n) is 32.0. The third-order valence-corrected chi connectivity index (χ3v) is 12.5. The molecular weight excluding hydrogens is 641 g/mol. The van der Waals surface area contributed by atoms with Crippen molar-refractivity contribution in [1.29, 1.82) is 0 Å². The minimum atomic E-state index is 0.922. The molecule has 0 saturated carbocycles. The van der Waals surface area contributed by atoms with E-state index in [1.807, 2.05) is 6.07 Å². The number of furan rings is 1. The van der Waals surface area contributed by atoms with E-state index in [4.69, 9.17) is 4.42 Å². The highest BCUT2D eigenvalue weighted by molar-refractivity contribution is 6.25. The largest absolute Gasteiger partial charge is 0.456 e. The Morgan fingerprint density at radius 3 is 1.36 bits per heavy atom. The Bertz CT molecular complexity index is 2860. The van der Waals surface area contributed by atoms with Crippen LogP contribution < -0.4 is 0 Å². The normalized spacial score (nSPS) is 11.8. The number of aryl methyl sites for hydroxylation is 4. The average Bonchev–Trinajstić information content (AvgIpc) is 3.59. The van der Waals surface area contributed by atoms with Crippen LogP contribution in [0.15, 0.2) is 126 Å². The molecule has 0 N–H and O–H groups in total. The smallest absolute Gasteiger partial charge is 0.136 e. The first kappa shape index (κ1) is 33.0. The first-order valence-electron chi connectivity index (χ1n) is 18.8. The Balaban J connectivity index is 1.39. The van der Waals surface area contributed by atoms with Crippen molar-refractivity contribution in [3.63, 3.8) is 0 Å². The number of fused-ring (bicyclic) bond motifs is 5. The maximum Gasteiger partial charge on any atom is 0.136 e. The fraction of sp³-hybridized carbons (Fsp3) is 0.154. The molecule has 0 amide bonds. The summed E-state index contributed by atoms with van der Waals surface area (Å²) in [5.74, 6) is 0. The minimum absolute atomic E-state index is 0.922. The van der Waals surface area contributed by atoms with Crippen LogP contribution in [-0.4, -0.2) is 0 Å². The lowest BCUT2D eigenvalue weighted by atomic mass is 9.76. The number of hydrogen-bond acceptors (Lipinski definition) is 1. The minimum Gasteiger partial charge on any atom is -0.456 e. The van der Waals surface area contributed by atoms with E-state index in [1.54, 1.807) is 0 Å². The van der Waals surface area contributed by atoms with Crippen molar-refractivity contribution < 1.29 is 4.42 Å². The first-order valence-corrected chi connectivity index (χ1v) is 18.8. The van der Waals surface area contributed by atoms with Gasteiger partial charge in [-0.3, -0.25) is 0 Å². The van der Waals surface area contributed by atoms with E-state index in [-0.39, 0.29) is 0 Å². The van der Waals surface area contributed by atoms with E-state index in [9.17, 15) is 0 Å². The van der Waals surface area contributed by atoms with Crippen molar-refractivity contribution in [3.05, 3.63) is 166 Å². The molecule has 53 heavy (non-hydrogen) atoms. The lowest BCUT2D eigenvalue weighted by Crippen LogP contribution is -2.03. The number of para-hydroxylation sites is 1. The standard InChI is InChI=1S/C52H44O/c1-29-31(3)35(7)48-46(33(29)5)50(39-26-24-38(25-27-39)42-21-15-23-45-52(42)43-20-12-13-22-44(43)53-45)47-34(6)30(2)32(4)36(8)49(47)51(48)41-19-14-18-40(28-41)37-16-10-9-11-17-37/h9-28H,1-8H3. The summed E-state index contributed by atoms with van der Waals surface area (Å²) < 4.78 is 6.27. The van der Waals surface area contributed by atoms with E-state index in [2.05, 4.69) is 171 Å². The maximum atomic E-state index is 6.27. The number of rotatable bonds is 4. The van der Waals surface area contributed by atoms with Gasteiger partial charge in [0.2, 0.25) is 0 Å². The Morgan fingerprint density at radius 2 is 0.755 bits per heavy atom. The van der Waals surface area contributed by atoms with Crippen LogP contribution in [0.4, 0.5) is 0 Å². The maximum absolute atomic E-state index is 6.27. The summed E-state index contributed by atoms with van der Waals surface area (Å²) in [5.41, 5.74) is 22.8. The van der Waals surface area contributed by atoms with Gasteiger partial charge in [-0.1, -0.05) is 103 Å². The van der Waals surface area contributed by atoms with Crippen LogP contribution in [0, 0.1) is 55.4 Å². The molecule has 0 atom stereocenters. The van der Waals surface area contributed by atoms with Gasteiger partial charge >= 0.3 is 0 Å². The second-order valence-corrected chi connectivity index (χ2v) is 15.1. The fourth-order valence-corrected chi connectivity index (χ4v) is 9.02. The number of hydrogen-bond donors (Lipinski definition) is 0. The van der Waals surface area contributed by atoms with Gasteiger partial charge in [-0.2, -0.15) is 0 Å². The van der Waals surface area contributed by atoms with Crippen molar-refractivity contribution >= 4 is 43.5 Å². The summed E-state index contributed by atoms with van der Waals surface area (Å²) in [6, 6.07) is 44.1. The molecular formula is C52H44O. The average molecular weight is 685 g/mol. The molecule has 9 rings (SSSR count). The molecule has 0 aliphatic carbocycles. The van der Waals surface area contributed by atoms with Crippen LogP contribution in [0.25, 0.3) is 88.0 Å². The lowest BCUT2D eigenvalue weighted by molar-refractivity contribution is 0.669. The predicted octanol–water partition coefficient (Wildman–Crippen LogP) is 15.0. The third-order valence-electron chi connectivity index (χ3n) is 12.5. The van der Waals surface area contributed by atoms with Crippen LogP contribution in [0.1, 0.15) is 44.5 Å². The summed E-state index contributed by atoms with van der Waals surface area (Å²) in [4.78, 5) is 0. The van der Waals surface area contributed by atoms with Gasteiger partial charge < -0.3 is 4.42 Å². The molecule has 0 aliphatic rings. The summed E-state index contributed by atoms with van der Waals surface area (Å²) >= 11 is 0. The van der Waals surface area contributed by atoms with Crippen LogP contribution in [0.3, 0.4) is 0 Å². The number of benzene rings is 8. The predicted molar refractivity (Wildman–Crippen MR) is 228 cm³/mol. The molecule has 0 aliphatic heterocycles. The summed E-state index contributed by atoms with van der Waals surface area (Å²) in [5, 5.41) is 7.77. The zero-order valence-corrected chi connectivity index (χ0v) is 32.0. The van der Waals surface area contributed by atoms with Crippen molar-refractivity contribution in [2.24, 2.45) is 0 Å². The topological polar surface area (TPSA) is 13.1 Å². The highest BCUT2D eigenvalue weighted by Crippen LogP contribution is 2.51. The van der Waals surface area contributed by atoms with Gasteiger partial charge in [0, 0.05) is 10.8 Å². The van der Waals surface area contributed by atoms with E-state index >= 15 is 0 Å². The van der Waals surface area contributed by atoms with E-state index in [0.29, 0.717) is 0 Å². The molecule has 1 nitrogen and oxygen atoms in total. The Hall–Kier alpha value is -5.92. The van der Waals surface area contributed by atoms with E-state index in [1.165, 1.54) is 116 Å². The summed E-state index contributed by atoms with van der Waals surface area (Å²) in [6.07, 6.45) is 0. The van der Waals surface area contributed by atoms with Gasteiger partial charge in [0.15, 0.2) is 0 Å². The molecule has 8 aromatic carbocycles. The van der Waals surface area contributed by atoms with Gasteiger partial charge in [0.1, 0.15) is 11.2 Å². The zero-order chi connectivity index (χ0) is 36.7. The molecule has 0 radical (unpaired) electrons. The van der Waals surface area contributed by atoms with E-state index < -0.39 is 0 Å². The van der Waals surface area contributed by atoms with Crippen LogP contribution in [0.2, 0.25) is 0 Å². The second kappa shape index (κ2) is 12.3. The molecule has 0 fully saturated rings. The van der Waals surface area contributed by atoms with Crippen LogP contribution in [0.5, 0.6) is 0 Å². The Morgan fingerprint density at radius 1 is 0.302 bits per heavy atom. The highest BCUT2D eigenvalue weighted by Gasteiger charge is 2.26. The van der Waals surface area contributed by atoms with Crippen molar-refractivity contribution in [2.75, 3.05) is 0 Å². The van der Waals surface area contributed by atoms with Gasteiger partial charge in [-0.15, -0.1) is 0 Å². The second-order valence-electron chi connectivity index (χ2n) is 15.1. The summed E-state index contributed by atoms with van der Waals surface area (Å²) in [7, 11) is 0. The molecule has 9 aromatic rings. The first-order chi connectivity index (χ1) is 25.7. The fourth-order valence-electron chi connectivity index (χ4n) is 9.02. The lowest BCUT2D eigenvalue weighted by Gasteiger charge is -2.27. The Labute approximate surface area is 312 Å². The molecule has 0 unspecified atom stereocenters. The highest BCUT2D eigenvalue weighted by atomic mass is 16.3. The van der Waals surface area contributed by atoms with Crippen molar-refractivity contribution in [1.82, 2.24) is 0 Å². The molecule has 1 aromatic heterocycles. The van der Waals surface area contributed by atoms with Crippen LogP contribution in [-0.2, 0) is 0 Å². The Kier molecular flexibility index (Phi) is 7.68. The molecule has 1 heterocycles. The van der Waals surface area contributed by atoms with Gasteiger partial charge in [0.05, 0.1) is 0 Å². The van der Waals surface area contributed by atoms with Gasteiger partial charge in [-0.25, -0.2) is 0 Å². The van der Waals surface area contributed by atoms with E-state index in [0.717, 1.165) is 16.6 Å².